The van der Waals surface area contributed by atoms with Crippen molar-refractivity contribution in [1.29, 1.82) is 0 Å². The van der Waals surface area contributed by atoms with E-state index in [0.717, 1.165) is 28.7 Å². The molecule has 0 unspecified atom stereocenters. The molecule has 0 radical (unpaired) electrons. The van der Waals surface area contributed by atoms with E-state index in [9.17, 15) is 10.2 Å². The maximum absolute atomic E-state index is 9.64. The molecule has 0 atom stereocenters. The van der Waals surface area contributed by atoms with Crippen LogP contribution in [0.25, 0.3) is 0 Å². The Balaban J connectivity index is 2.40. The van der Waals surface area contributed by atoms with E-state index in [0.29, 0.717) is 0 Å². The molecule has 1 aliphatic rings. The minimum atomic E-state index is -0.104. The standard InChI is InChI=1S/C13H18N2O2S/c1-13(2,3)8-6-9(16)10(17)7-11(8)18-12-14-4-5-15-12/h6-7,16-17H,4-5H2,1-3H3,(H,14,15). The maximum Gasteiger partial charge on any atom is 0.161 e. The molecule has 1 heterocycles. The smallest absolute Gasteiger partial charge is 0.161 e. The molecule has 1 aromatic rings. The van der Waals surface area contributed by atoms with E-state index >= 15 is 0 Å². The van der Waals surface area contributed by atoms with Crippen molar-refractivity contribution in [3.63, 3.8) is 0 Å². The number of phenolic OH excluding ortho intramolecular Hbond substituents is 2. The lowest BCUT2D eigenvalue weighted by Crippen LogP contribution is -2.17. The second kappa shape index (κ2) is 4.72. The summed E-state index contributed by atoms with van der Waals surface area (Å²) in [5, 5.41) is 23.3. The predicted octanol–water partition coefficient (Wildman–Crippen LogP) is 2.45. The summed E-state index contributed by atoms with van der Waals surface area (Å²) in [6, 6.07) is 3.23. The van der Waals surface area contributed by atoms with E-state index in [4.69, 9.17) is 0 Å². The van der Waals surface area contributed by atoms with Crippen LogP contribution in [0.15, 0.2) is 22.0 Å². The highest BCUT2D eigenvalue weighted by molar-refractivity contribution is 8.13. The monoisotopic (exact) mass is 266 g/mol. The molecule has 98 valence electrons. The highest BCUT2D eigenvalue weighted by atomic mass is 32.2. The van der Waals surface area contributed by atoms with E-state index in [2.05, 4.69) is 31.1 Å². The first kappa shape index (κ1) is 13.1. The van der Waals surface area contributed by atoms with Crippen molar-refractivity contribution in [1.82, 2.24) is 5.32 Å². The molecule has 0 spiro atoms. The van der Waals surface area contributed by atoms with Crippen LogP contribution in [0.5, 0.6) is 11.5 Å². The first-order valence-corrected chi connectivity index (χ1v) is 6.72. The van der Waals surface area contributed by atoms with Gasteiger partial charge in [0.1, 0.15) is 0 Å². The van der Waals surface area contributed by atoms with Gasteiger partial charge in [-0.05, 0) is 23.1 Å². The van der Waals surface area contributed by atoms with Crippen molar-refractivity contribution in [2.24, 2.45) is 4.99 Å². The molecule has 0 aromatic heterocycles. The Kier molecular flexibility index (Phi) is 3.43. The summed E-state index contributed by atoms with van der Waals surface area (Å²) in [5.41, 5.74) is 0.895. The fourth-order valence-electron chi connectivity index (χ4n) is 1.78. The minimum absolute atomic E-state index is 0.0782. The van der Waals surface area contributed by atoms with Crippen molar-refractivity contribution < 1.29 is 10.2 Å². The second-order valence-electron chi connectivity index (χ2n) is 5.30. The molecule has 0 amide bonds. The van der Waals surface area contributed by atoms with Crippen molar-refractivity contribution in [2.75, 3.05) is 13.1 Å². The quantitative estimate of drug-likeness (QED) is 0.683. The maximum atomic E-state index is 9.64. The van der Waals surface area contributed by atoms with Gasteiger partial charge in [-0.25, -0.2) is 0 Å². The van der Waals surface area contributed by atoms with Gasteiger partial charge < -0.3 is 15.5 Å². The summed E-state index contributed by atoms with van der Waals surface area (Å²) >= 11 is 1.50. The molecule has 2 rings (SSSR count). The lowest BCUT2D eigenvalue weighted by molar-refractivity contribution is 0.399. The molecule has 0 aliphatic carbocycles. The normalized spacial score (nSPS) is 15.4. The SMILES string of the molecule is CC(C)(C)c1cc(O)c(O)cc1SC1=NCCN1. The van der Waals surface area contributed by atoms with Gasteiger partial charge in [0, 0.05) is 11.4 Å². The number of phenols is 2. The van der Waals surface area contributed by atoms with Crippen LogP contribution in [0, 0.1) is 0 Å². The van der Waals surface area contributed by atoms with Crippen LogP contribution in [0.4, 0.5) is 0 Å². The number of benzene rings is 1. The summed E-state index contributed by atoms with van der Waals surface area (Å²) in [6.07, 6.45) is 0. The summed E-state index contributed by atoms with van der Waals surface area (Å²) in [5.74, 6) is -0.172. The third kappa shape index (κ3) is 2.72. The van der Waals surface area contributed by atoms with E-state index in [1.807, 2.05) is 0 Å². The average Bonchev–Trinajstić information content (AvgIpc) is 2.74. The van der Waals surface area contributed by atoms with Gasteiger partial charge in [-0.1, -0.05) is 32.5 Å². The number of nitrogens with one attached hydrogen (secondary N) is 1. The zero-order valence-electron chi connectivity index (χ0n) is 10.8. The van der Waals surface area contributed by atoms with Crippen LogP contribution >= 0.6 is 11.8 Å². The minimum Gasteiger partial charge on any atom is -0.504 e. The number of rotatable bonds is 1. The zero-order chi connectivity index (χ0) is 13.3. The number of hydrogen-bond acceptors (Lipinski definition) is 5. The van der Waals surface area contributed by atoms with Crippen LogP contribution in [-0.2, 0) is 5.41 Å². The Hall–Kier alpha value is -1.36. The summed E-state index contributed by atoms with van der Waals surface area (Å²) in [6.45, 7) is 7.88. The molecule has 5 heteroatoms. The third-order valence-electron chi connectivity index (χ3n) is 2.73. The lowest BCUT2D eigenvalue weighted by atomic mass is 9.87. The van der Waals surface area contributed by atoms with E-state index in [1.165, 1.54) is 11.8 Å². The van der Waals surface area contributed by atoms with Crippen LogP contribution in [0.2, 0.25) is 0 Å². The fraction of sp³-hybridized carbons (Fsp3) is 0.462. The molecule has 1 aromatic carbocycles. The highest BCUT2D eigenvalue weighted by Gasteiger charge is 2.22. The van der Waals surface area contributed by atoms with Gasteiger partial charge in [-0.2, -0.15) is 0 Å². The van der Waals surface area contributed by atoms with Gasteiger partial charge in [-0.15, -0.1) is 0 Å². The number of aromatic hydroxyl groups is 2. The lowest BCUT2D eigenvalue weighted by Gasteiger charge is -2.23. The number of nitrogens with zero attached hydrogens (tertiary/aromatic N) is 1. The Morgan fingerprint density at radius 3 is 2.44 bits per heavy atom. The van der Waals surface area contributed by atoms with Crippen molar-refractivity contribution in [2.45, 2.75) is 31.1 Å². The van der Waals surface area contributed by atoms with Gasteiger partial charge in [0.2, 0.25) is 0 Å². The second-order valence-corrected chi connectivity index (χ2v) is 6.33. The molecule has 0 bridgehead atoms. The largest absolute Gasteiger partial charge is 0.504 e. The average molecular weight is 266 g/mol. The fourth-order valence-corrected chi connectivity index (χ4v) is 2.96. The van der Waals surface area contributed by atoms with E-state index in [1.54, 1.807) is 12.1 Å². The Morgan fingerprint density at radius 1 is 1.22 bits per heavy atom. The number of thioether (sulfide) groups is 1. The number of aliphatic imine (C=N–C) groups is 1. The van der Waals surface area contributed by atoms with Crippen LogP contribution < -0.4 is 5.32 Å². The molecule has 0 saturated heterocycles. The van der Waals surface area contributed by atoms with Crippen LogP contribution in [0.1, 0.15) is 26.3 Å². The molecule has 1 aliphatic heterocycles. The number of hydrogen-bond donors (Lipinski definition) is 3. The summed E-state index contributed by atoms with van der Waals surface area (Å²) in [4.78, 5) is 5.25. The molecular weight excluding hydrogens is 248 g/mol. The molecule has 18 heavy (non-hydrogen) atoms. The van der Waals surface area contributed by atoms with Crippen LogP contribution in [-0.4, -0.2) is 28.5 Å². The molecular formula is C13H18N2O2S. The molecule has 4 nitrogen and oxygen atoms in total. The number of amidine groups is 1. The Morgan fingerprint density at radius 2 is 1.89 bits per heavy atom. The zero-order valence-corrected chi connectivity index (χ0v) is 11.6. The van der Waals surface area contributed by atoms with Gasteiger partial charge >= 0.3 is 0 Å². The van der Waals surface area contributed by atoms with Gasteiger partial charge in [0.05, 0.1) is 6.54 Å². The van der Waals surface area contributed by atoms with Crippen molar-refractivity contribution in [3.05, 3.63) is 17.7 Å². The van der Waals surface area contributed by atoms with Crippen molar-refractivity contribution in [3.8, 4) is 11.5 Å². The summed E-state index contributed by atoms with van der Waals surface area (Å²) < 4.78 is 0. The Labute approximate surface area is 111 Å². The van der Waals surface area contributed by atoms with Gasteiger partial charge in [0.25, 0.3) is 0 Å². The summed E-state index contributed by atoms with van der Waals surface area (Å²) in [7, 11) is 0. The van der Waals surface area contributed by atoms with Crippen LogP contribution in [0.3, 0.4) is 0 Å². The molecule has 0 fully saturated rings. The van der Waals surface area contributed by atoms with Gasteiger partial charge in [0.15, 0.2) is 16.7 Å². The molecule has 0 saturated carbocycles. The molecule has 3 N–H and O–H groups in total. The van der Waals surface area contributed by atoms with E-state index < -0.39 is 0 Å². The topological polar surface area (TPSA) is 64.8 Å². The first-order chi connectivity index (χ1) is 8.38. The Bertz CT molecular complexity index is 492. The van der Waals surface area contributed by atoms with Crippen molar-refractivity contribution >= 4 is 16.9 Å². The first-order valence-electron chi connectivity index (χ1n) is 5.90. The predicted molar refractivity (Wildman–Crippen MR) is 74.6 cm³/mol. The third-order valence-corrected chi connectivity index (χ3v) is 3.76. The van der Waals surface area contributed by atoms with Gasteiger partial charge in [-0.3, -0.25) is 4.99 Å². The highest BCUT2D eigenvalue weighted by Crippen LogP contribution is 2.39. The van der Waals surface area contributed by atoms with E-state index in [-0.39, 0.29) is 16.9 Å².